The van der Waals surface area contributed by atoms with Crippen molar-refractivity contribution in [2.24, 2.45) is 5.92 Å². The summed E-state index contributed by atoms with van der Waals surface area (Å²) in [5.41, 5.74) is 0. The molecule has 1 saturated carbocycles. The Morgan fingerprint density at radius 3 is 2.00 bits per heavy atom. The van der Waals surface area contributed by atoms with Gasteiger partial charge in [-0.15, -0.1) is 0 Å². The Balaban J connectivity index is 3.21. The third-order valence-corrected chi connectivity index (χ3v) is 4.70. The maximum absolute atomic E-state index is 13.5. The molecule has 1 unspecified atom stereocenters. The molecule has 0 aromatic heterocycles. The fraction of sp³-hybridized carbons (Fsp3) is 0.846. The van der Waals surface area contributed by atoms with Crippen LogP contribution in [-0.2, 0) is 33.9 Å². The van der Waals surface area contributed by atoms with Crippen molar-refractivity contribution < 1.29 is 58.7 Å². The van der Waals surface area contributed by atoms with E-state index in [1.807, 2.05) is 0 Å². The van der Waals surface area contributed by atoms with Crippen LogP contribution in [0.15, 0.2) is 0 Å². The molecule has 0 heterocycles. The van der Waals surface area contributed by atoms with Crippen LogP contribution in [0.5, 0.6) is 0 Å². The van der Waals surface area contributed by atoms with Gasteiger partial charge in [0.1, 0.15) is 6.61 Å². The van der Waals surface area contributed by atoms with Gasteiger partial charge in [0.15, 0.2) is 0 Å². The lowest BCUT2D eigenvalue weighted by Crippen LogP contribution is -2.60. The number of hydrogen-bond acceptors (Lipinski definition) is 7. The van der Waals surface area contributed by atoms with Gasteiger partial charge in [0.2, 0.25) is 0 Å². The maximum atomic E-state index is 13.5. The van der Waals surface area contributed by atoms with E-state index in [1.165, 1.54) is 0 Å². The van der Waals surface area contributed by atoms with Crippen LogP contribution in [0, 0.1) is 5.92 Å². The van der Waals surface area contributed by atoms with Gasteiger partial charge in [0.25, 0.3) is 0 Å². The van der Waals surface area contributed by atoms with Gasteiger partial charge in [-0.25, -0.2) is 4.79 Å². The number of halogens is 5. The van der Waals surface area contributed by atoms with Crippen LogP contribution in [0.3, 0.4) is 0 Å². The summed E-state index contributed by atoms with van der Waals surface area (Å²) in [4.78, 5) is 23.7. The minimum absolute atomic E-state index is 0.148. The van der Waals surface area contributed by atoms with Gasteiger partial charge in [0.05, 0.1) is 13.0 Å². The van der Waals surface area contributed by atoms with Crippen LogP contribution in [0.25, 0.3) is 0 Å². The molecule has 0 amide bonds. The van der Waals surface area contributed by atoms with Crippen LogP contribution < -0.4 is 0 Å². The quantitative estimate of drug-likeness (QED) is 0.283. The van der Waals surface area contributed by atoms with Gasteiger partial charge in [-0.05, 0) is 12.8 Å². The highest BCUT2D eigenvalue weighted by atomic mass is 32.2. The highest BCUT2D eigenvalue weighted by Crippen LogP contribution is 2.39. The van der Waals surface area contributed by atoms with Crippen molar-refractivity contribution in [1.82, 2.24) is 0 Å². The van der Waals surface area contributed by atoms with Crippen molar-refractivity contribution in [3.05, 3.63) is 0 Å². The van der Waals surface area contributed by atoms with Gasteiger partial charge in [-0.3, -0.25) is 9.35 Å². The van der Waals surface area contributed by atoms with E-state index in [2.05, 4.69) is 14.2 Å². The Morgan fingerprint density at radius 1 is 1.07 bits per heavy atom. The zero-order valence-electron chi connectivity index (χ0n) is 13.9. The minimum atomic E-state index is -6.17. The second-order valence-corrected chi connectivity index (χ2v) is 7.31. The highest BCUT2D eigenvalue weighted by molar-refractivity contribution is 7.86. The molecule has 1 aliphatic carbocycles. The van der Waals surface area contributed by atoms with Gasteiger partial charge in [-0.2, -0.15) is 30.4 Å². The van der Waals surface area contributed by atoms with E-state index >= 15 is 0 Å². The molecule has 0 aromatic rings. The van der Waals surface area contributed by atoms with Gasteiger partial charge < -0.3 is 14.2 Å². The molecule has 158 valence electrons. The Labute approximate surface area is 150 Å². The molecule has 1 N–H and O–H groups in total. The van der Waals surface area contributed by atoms with E-state index in [9.17, 15) is 40.0 Å². The molecule has 0 aliphatic heterocycles. The van der Waals surface area contributed by atoms with Gasteiger partial charge in [-0.1, -0.05) is 19.3 Å². The molecule has 1 rings (SSSR count). The normalized spacial score (nSPS) is 19.2. The third kappa shape index (κ3) is 5.25. The summed E-state index contributed by atoms with van der Waals surface area (Å²) in [7, 11) is -5.72. The predicted molar refractivity (Wildman–Crippen MR) is 75.9 cm³/mol. The zero-order valence-corrected chi connectivity index (χ0v) is 14.7. The molecular formula is C13H17F5O8S. The number of ether oxygens (including phenoxy) is 3. The smallest absolute Gasteiger partial charge is 0.464 e. The summed E-state index contributed by atoms with van der Waals surface area (Å²) >= 11 is 0. The van der Waals surface area contributed by atoms with Crippen LogP contribution >= 0.6 is 0 Å². The SMILES string of the molecule is COC(=O)C(OCC(F)(F)S(=O)(=O)O)(OC(=O)C1CCCCC1)C(F)(F)F. The Kier molecular flexibility index (Phi) is 7.16. The number of carbonyl (C=O) groups excluding carboxylic acids is 2. The molecule has 27 heavy (non-hydrogen) atoms. The molecule has 14 heteroatoms. The zero-order chi connectivity index (χ0) is 21.1. The van der Waals surface area contributed by atoms with Crippen molar-refractivity contribution in [3.63, 3.8) is 0 Å². The largest absolute Gasteiger partial charge is 0.468 e. The van der Waals surface area contributed by atoms with Crippen molar-refractivity contribution in [1.29, 1.82) is 0 Å². The van der Waals surface area contributed by atoms with Crippen LogP contribution in [0.4, 0.5) is 22.0 Å². The monoisotopic (exact) mass is 428 g/mol. The number of esters is 2. The number of rotatable bonds is 7. The molecule has 0 aromatic carbocycles. The molecule has 1 aliphatic rings. The summed E-state index contributed by atoms with van der Waals surface area (Å²) < 4.78 is 108. The lowest BCUT2D eigenvalue weighted by Gasteiger charge is -2.34. The van der Waals surface area contributed by atoms with E-state index in [-0.39, 0.29) is 12.8 Å². The molecule has 8 nitrogen and oxygen atoms in total. The van der Waals surface area contributed by atoms with Crippen LogP contribution in [0.2, 0.25) is 0 Å². The summed E-state index contributed by atoms with van der Waals surface area (Å²) in [6.45, 7) is -2.63. The molecule has 0 spiro atoms. The number of carbonyl (C=O) groups is 2. The second-order valence-electron chi connectivity index (χ2n) is 5.76. The summed E-state index contributed by atoms with van der Waals surface area (Å²) in [6.07, 6.45) is -3.87. The van der Waals surface area contributed by atoms with Crippen LogP contribution in [-0.4, -0.2) is 55.8 Å². The topological polar surface area (TPSA) is 116 Å². The molecule has 0 bridgehead atoms. The first-order valence-corrected chi connectivity index (χ1v) is 8.99. The second kappa shape index (κ2) is 8.22. The van der Waals surface area contributed by atoms with Crippen molar-refractivity contribution in [3.8, 4) is 0 Å². The average Bonchev–Trinajstić information content (AvgIpc) is 2.56. The van der Waals surface area contributed by atoms with Gasteiger partial charge >= 0.3 is 39.3 Å². The predicted octanol–water partition coefficient (Wildman–Crippen LogP) is 2.04. The fourth-order valence-electron chi connectivity index (χ4n) is 2.34. The first-order chi connectivity index (χ1) is 12.2. The first kappa shape index (κ1) is 23.5. The maximum Gasteiger partial charge on any atom is 0.468 e. The Bertz CT molecular complexity index is 656. The Morgan fingerprint density at radius 2 is 1.59 bits per heavy atom. The number of hydrogen-bond donors (Lipinski definition) is 1. The van der Waals surface area contributed by atoms with E-state index in [4.69, 9.17) is 4.55 Å². The first-order valence-electron chi connectivity index (χ1n) is 7.55. The lowest BCUT2D eigenvalue weighted by molar-refractivity contribution is -0.361. The molecular weight excluding hydrogens is 411 g/mol. The van der Waals surface area contributed by atoms with E-state index in [0.717, 1.165) is 6.42 Å². The molecule has 0 radical (unpaired) electrons. The molecule has 0 saturated heterocycles. The molecule has 1 atom stereocenters. The standard InChI is InChI=1S/C13H17F5O8S/c1-24-10(20)12(13(16,17)18,25-7-11(14,15)27(21,22)23)26-9(19)8-5-3-2-4-6-8/h8H,2-7H2,1H3,(H,21,22,23). The highest BCUT2D eigenvalue weighted by Gasteiger charge is 2.69. The van der Waals surface area contributed by atoms with Crippen molar-refractivity contribution in [2.75, 3.05) is 13.7 Å². The van der Waals surface area contributed by atoms with Crippen molar-refractivity contribution >= 4 is 22.1 Å². The van der Waals surface area contributed by atoms with Crippen LogP contribution in [0.1, 0.15) is 32.1 Å². The number of alkyl halides is 5. The van der Waals surface area contributed by atoms with E-state index in [1.54, 1.807) is 0 Å². The summed E-state index contributed by atoms with van der Waals surface area (Å²) in [5.74, 6) is -9.58. The minimum Gasteiger partial charge on any atom is -0.464 e. The molecule has 1 fully saturated rings. The average molecular weight is 428 g/mol. The Hall–Kier alpha value is -1.54. The van der Waals surface area contributed by atoms with Gasteiger partial charge in [0, 0.05) is 0 Å². The number of methoxy groups -OCH3 is 1. The van der Waals surface area contributed by atoms with E-state index < -0.39 is 51.8 Å². The summed E-state index contributed by atoms with van der Waals surface area (Å²) in [5, 5.41) is -5.21. The fourth-order valence-corrected chi connectivity index (χ4v) is 2.55. The third-order valence-electron chi connectivity index (χ3n) is 3.83. The lowest BCUT2D eigenvalue weighted by atomic mass is 9.89. The summed E-state index contributed by atoms with van der Waals surface area (Å²) in [6, 6.07) is 0. The van der Waals surface area contributed by atoms with E-state index in [0.29, 0.717) is 20.0 Å². The van der Waals surface area contributed by atoms with Crippen molar-refractivity contribution in [2.45, 2.75) is 49.3 Å².